The van der Waals surface area contributed by atoms with E-state index < -0.39 is 0 Å². The summed E-state index contributed by atoms with van der Waals surface area (Å²) in [5.74, 6) is 0. The number of nitrogens with zero attached hydrogens (tertiary/aromatic N) is 3. The van der Waals surface area contributed by atoms with Crippen LogP contribution in [0.5, 0.6) is 0 Å². The van der Waals surface area contributed by atoms with Gasteiger partial charge >= 0.3 is 0 Å². The smallest absolute Gasteiger partial charge is 0.0949 e. The van der Waals surface area contributed by atoms with E-state index in [9.17, 15) is 0 Å². The van der Waals surface area contributed by atoms with Crippen molar-refractivity contribution in [1.29, 1.82) is 0 Å². The molecule has 1 saturated heterocycles. The van der Waals surface area contributed by atoms with Gasteiger partial charge in [-0.05, 0) is 32.9 Å². The summed E-state index contributed by atoms with van der Waals surface area (Å²) in [6, 6.07) is 0.0751. The summed E-state index contributed by atoms with van der Waals surface area (Å²) in [7, 11) is 0. The molecule has 0 radical (unpaired) electrons. The Morgan fingerprint density at radius 2 is 2.13 bits per heavy atom. The van der Waals surface area contributed by atoms with Crippen LogP contribution < -0.4 is 5.73 Å². The Hall–Kier alpha value is -0.870. The minimum atomic E-state index is 0.0751. The highest BCUT2D eigenvalue weighted by Gasteiger charge is 2.12. The Bertz CT molecular complexity index is 299. The maximum atomic E-state index is 5.87. The van der Waals surface area contributed by atoms with E-state index >= 15 is 0 Å². The van der Waals surface area contributed by atoms with Gasteiger partial charge in [0, 0.05) is 25.3 Å². The van der Waals surface area contributed by atoms with Crippen molar-refractivity contribution in [3.8, 4) is 0 Å². The van der Waals surface area contributed by atoms with Gasteiger partial charge in [-0.2, -0.15) is 0 Å². The van der Waals surface area contributed by atoms with Gasteiger partial charge in [0.25, 0.3) is 0 Å². The molecule has 0 bridgehead atoms. The number of hydrogen-bond donors (Lipinski definition) is 1. The van der Waals surface area contributed by atoms with Crippen molar-refractivity contribution in [1.82, 2.24) is 14.5 Å². The van der Waals surface area contributed by atoms with Gasteiger partial charge in [-0.15, -0.1) is 0 Å². The first-order chi connectivity index (χ1) is 7.27. The van der Waals surface area contributed by atoms with Gasteiger partial charge in [0.1, 0.15) is 0 Å². The number of aromatic nitrogens is 2. The molecular weight excluding hydrogens is 188 g/mol. The third kappa shape index (κ3) is 2.58. The molecule has 1 aliphatic heterocycles. The molecule has 1 aromatic heterocycles. The van der Waals surface area contributed by atoms with Crippen molar-refractivity contribution in [2.24, 2.45) is 5.73 Å². The summed E-state index contributed by atoms with van der Waals surface area (Å²) >= 11 is 0. The number of imidazole rings is 1. The SMILES string of the molecule is C[C@@H](N)c1cncn1CCN1CCCC1. The van der Waals surface area contributed by atoms with Gasteiger partial charge in [0.2, 0.25) is 0 Å². The lowest BCUT2D eigenvalue weighted by molar-refractivity contribution is 0.320. The highest BCUT2D eigenvalue weighted by Crippen LogP contribution is 2.10. The highest BCUT2D eigenvalue weighted by molar-refractivity contribution is 5.03. The summed E-state index contributed by atoms with van der Waals surface area (Å²) < 4.78 is 2.17. The van der Waals surface area contributed by atoms with Crippen molar-refractivity contribution in [2.75, 3.05) is 19.6 Å². The van der Waals surface area contributed by atoms with Crippen LogP contribution in [0.15, 0.2) is 12.5 Å². The van der Waals surface area contributed by atoms with Crippen LogP contribution in [0.2, 0.25) is 0 Å². The second-order valence-electron chi connectivity index (χ2n) is 4.35. The van der Waals surface area contributed by atoms with Gasteiger partial charge in [-0.1, -0.05) is 0 Å². The van der Waals surface area contributed by atoms with Gasteiger partial charge in [-0.3, -0.25) is 0 Å². The molecule has 4 nitrogen and oxygen atoms in total. The second-order valence-corrected chi connectivity index (χ2v) is 4.35. The van der Waals surface area contributed by atoms with Crippen molar-refractivity contribution < 1.29 is 0 Å². The Morgan fingerprint density at radius 1 is 1.40 bits per heavy atom. The molecule has 1 atom stereocenters. The molecule has 1 fully saturated rings. The van der Waals surface area contributed by atoms with E-state index in [2.05, 4.69) is 14.5 Å². The van der Waals surface area contributed by atoms with Crippen LogP contribution in [-0.4, -0.2) is 34.1 Å². The molecular formula is C11H20N4. The predicted molar refractivity (Wildman–Crippen MR) is 60.5 cm³/mol. The molecule has 0 spiro atoms. The molecule has 0 aromatic carbocycles. The lowest BCUT2D eigenvalue weighted by Gasteiger charge is -2.16. The first-order valence-corrected chi connectivity index (χ1v) is 5.75. The summed E-state index contributed by atoms with van der Waals surface area (Å²) in [6.07, 6.45) is 6.46. The summed E-state index contributed by atoms with van der Waals surface area (Å²) in [4.78, 5) is 6.66. The van der Waals surface area contributed by atoms with Crippen molar-refractivity contribution in [3.05, 3.63) is 18.2 Å². The predicted octanol–water partition coefficient (Wildman–Crippen LogP) is 0.999. The van der Waals surface area contributed by atoms with E-state index in [4.69, 9.17) is 5.73 Å². The van der Waals surface area contributed by atoms with Gasteiger partial charge < -0.3 is 15.2 Å². The van der Waals surface area contributed by atoms with Crippen LogP contribution in [0.3, 0.4) is 0 Å². The molecule has 2 N–H and O–H groups in total. The molecule has 2 rings (SSSR count). The van der Waals surface area contributed by atoms with E-state index in [0.29, 0.717) is 0 Å². The molecule has 4 heteroatoms. The van der Waals surface area contributed by atoms with E-state index in [1.165, 1.54) is 25.9 Å². The summed E-state index contributed by atoms with van der Waals surface area (Å²) in [5.41, 5.74) is 7.00. The van der Waals surface area contributed by atoms with Crippen LogP contribution in [-0.2, 0) is 6.54 Å². The van der Waals surface area contributed by atoms with E-state index in [1.54, 1.807) is 0 Å². The number of likely N-dealkylation sites (tertiary alicyclic amines) is 1. The Kier molecular flexibility index (Phi) is 3.38. The third-order valence-electron chi connectivity index (χ3n) is 3.07. The normalized spacial score (nSPS) is 19.6. The van der Waals surface area contributed by atoms with Gasteiger partial charge in [0.05, 0.1) is 12.0 Å². The molecule has 0 saturated carbocycles. The topological polar surface area (TPSA) is 47.1 Å². The molecule has 1 aliphatic rings. The Morgan fingerprint density at radius 3 is 2.80 bits per heavy atom. The van der Waals surface area contributed by atoms with E-state index in [-0.39, 0.29) is 6.04 Å². The van der Waals surface area contributed by atoms with Gasteiger partial charge in [0.15, 0.2) is 0 Å². The minimum absolute atomic E-state index is 0.0751. The van der Waals surface area contributed by atoms with Crippen molar-refractivity contribution in [2.45, 2.75) is 32.4 Å². The lowest BCUT2D eigenvalue weighted by Crippen LogP contribution is -2.25. The zero-order chi connectivity index (χ0) is 10.7. The van der Waals surface area contributed by atoms with Crippen LogP contribution in [0, 0.1) is 0 Å². The van der Waals surface area contributed by atoms with Crippen LogP contribution in [0.25, 0.3) is 0 Å². The maximum absolute atomic E-state index is 5.87. The zero-order valence-electron chi connectivity index (χ0n) is 9.39. The summed E-state index contributed by atoms with van der Waals surface area (Å²) in [5, 5.41) is 0. The molecule has 0 unspecified atom stereocenters. The monoisotopic (exact) mass is 208 g/mol. The molecule has 1 aromatic rings. The van der Waals surface area contributed by atoms with Crippen LogP contribution in [0.4, 0.5) is 0 Å². The van der Waals surface area contributed by atoms with Crippen molar-refractivity contribution >= 4 is 0 Å². The maximum Gasteiger partial charge on any atom is 0.0949 e. The molecule has 0 aliphatic carbocycles. The zero-order valence-corrected chi connectivity index (χ0v) is 9.39. The van der Waals surface area contributed by atoms with E-state index in [1.807, 2.05) is 19.4 Å². The molecule has 84 valence electrons. The standard InChI is InChI=1S/C11H20N4/c1-10(12)11-8-13-9-15(11)7-6-14-4-2-3-5-14/h8-10H,2-7,12H2,1H3/t10-/m1/s1. The van der Waals surface area contributed by atoms with E-state index in [0.717, 1.165) is 18.8 Å². The Labute approximate surface area is 91.1 Å². The second kappa shape index (κ2) is 4.77. The minimum Gasteiger partial charge on any atom is -0.332 e. The Balaban J connectivity index is 1.89. The fourth-order valence-electron chi connectivity index (χ4n) is 2.15. The number of nitrogens with two attached hydrogens (primary N) is 1. The number of rotatable bonds is 4. The lowest BCUT2D eigenvalue weighted by atomic mass is 10.3. The molecule has 0 amide bonds. The highest BCUT2D eigenvalue weighted by atomic mass is 15.2. The first kappa shape index (κ1) is 10.6. The van der Waals surface area contributed by atoms with Crippen molar-refractivity contribution in [3.63, 3.8) is 0 Å². The summed E-state index contributed by atoms with van der Waals surface area (Å²) in [6.45, 7) is 6.64. The quantitative estimate of drug-likeness (QED) is 0.803. The molecule has 2 heterocycles. The average molecular weight is 208 g/mol. The largest absolute Gasteiger partial charge is 0.332 e. The fourth-order valence-corrected chi connectivity index (χ4v) is 2.15. The van der Waals surface area contributed by atoms with Gasteiger partial charge in [-0.25, -0.2) is 4.98 Å². The first-order valence-electron chi connectivity index (χ1n) is 5.75. The average Bonchev–Trinajstić information content (AvgIpc) is 2.86. The number of hydrogen-bond acceptors (Lipinski definition) is 3. The molecule has 15 heavy (non-hydrogen) atoms. The van der Waals surface area contributed by atoms with Crippen LogP contribution in [0.1, 0.15) is 31.5 Å². The fraction of sp³-hybridized carbons (Fsp3) is 0.727. The third-order valence-corrected chi connectivity index (χ3v) is 3.07. The van der Waals surface area contributed by atoms with Crippen LogP contribution >= 0.6 is 0 Å².